The normalized spacial score (nSPS) is 20.5. The number of hydrogen-bond acceptors (Lipinski definition) is 1. The molecule has 1 aromatic rings. The van der Waals surface area contributed by atoms with Crippen LogP contribution in [0.15, 0.2) is 18.2 Å². The Morgan fingerprint density at radius 3 is 2.60 bits per heavy atom. The average molecular weight is 206 g/mol. The highest BCUT2D eigenvalue weighted by atomic mass is 19.1. The standard InChI is InChI=1S/C13H15FO/c1-13(2,3)11-7-8-6-9(14)4-5-10(8)12(11)15/h4-6,11H,7H2,1-3H3. The Kier molecular flexibility index (Phi) is 2.18. The summed E-state index contributed by atoms with van der Waals surface area (Å²) in [6.07, 6.45) is 0.676. The fourth-order valence-electron chi connectivity index (χ4n) is 2.17. The van der Waals surface area contributed by atoms with Gasteiger partial charge in [0.25, 0.3) is 0 Å². The number of carbonyl (C=O) groups excluding carboxylic acids is 1. The van der Waals surface area contributed by atoms with Crippen molar-refractivity contribution in [1.29, 1.82) is 0 Å². The molecule has 0 saturated carbocycles. The fourth-order valence-corrected chi connectivity index (χ4v) is 2.17. The molecule has 80 valence electrons. The van der Waals surface area contributed by atoms with Gasteiger partial charge < -0.3 is 0 Å². The van der Waals surface area contributed by atoms with Crippen LogP contribution in [-0.4, -0.2) is 5.78 Å². The maximum atomic E-state index is 13.0. The van der Waals surface area contributed by atoms with Gasteiger partial charge in [0.2, 0.25) is 0 Å². The lowest BCUT2D eigenvalue weighted by atomic mass is 9.78. The number of hydrogen-bond donors (Lipinski definition) is 0. The second-order valence-electron chi connectivity index (χ2n) is 5.29. The molecule has 0 saturated heterocycles. The summed E-state index contributed by atoms with van der Waals surface area (Å²) in [6, 6.07) is 4.46. The van der Waals surface area contributed by atoms with Crippen LogP contribution in [-0.2, 0) is 6.42 Å². The highest BCUT2D eigenvalue weighted by Gasteiger charge is 2.38. The summed E-state index contributed by atoms with van der Waals surface area (Å²) in [5.41, 5.74) is 1.52. The van der Waals surface area contributed by atoms with Crippen LogP contribution < -0.4 is 0 Å². The van der Waals surface area contributed by atoms with Crippen molar-refractivity contribution >= 4 is 5.78 Å². The van der Waals surface area contributed by atoms with Crippen LogP contribution in [0.5, 0.6) is 0 Å². The Labute approximate surface area is 89.3 Å². The molecule has 1 atom stereocenters. The van der Waals surface area contributed by atoms with Crippen molar-refractivity contribution in [2.24, 2.45) is 11.3 Å². The van der Waals surface area contributed by atoms with Crippen molar-refractivity contribution < 1.29 is 9.18 Å². The number of fused-ring (bicyclic) bond motifs is 1. The van der Waals surface area contributed by atoms with Gasteiger partial charge in [0, 0.05) is 11.5 Å². The molecule has 0 radical (unpaired) electrons. The summed E-state index contributed by atoms with van der Waals surface area (Å²) < 4.78 is 13.0. The summed E-state index contributed by atoms with van der Waals surface area (Å²) in [7, 11) is 0. The minimum absolute atomic E-state index is 0.00528. The van der Waals surface area contributed by atoms with E-state index in [4.69, 9.17) is 0 Å². The van der Waals surface area contributed by atoms with E-state index in [2.05, 4.69) is 20.8 Å². The molecule has 0 aliphatic heterocycles. The van der Waals surface area contributed by atoms with Gasteiger partial charge in [0.15, 0.2) is 5.78 Å². The Hall–Kier alpha value is -1.18. The second kappa shape index (κ2) is 3.16. The Balaban J connectivity index is 2.42. The van der Waals surface area contributed by atoms with E-state index in [1.807, 2.05) is 0 Å². The van der Waals surface area contributed by atoms with Crippen molar-refractivity contribution in [3.8, 4) is 0 Å². The second-order valence-corrected chi connectivity index (χ2v) is 5.29. The lowest BCUT2D eigenvalue weighted by Gasteiger charge is -2.24. The van der Waals surface area contributed by atoms with Crippen molar-refractivity contribution in [2.45, 2.75) is 27.2 Å². The van der Waals surface area contributed by atoms with Gasteiger partial charge in [0.05, 0.1) is 0 Å². The van der Waals surface area contributed by atoms with Gasteiger partial charge in [-0.2, -0.15) is 0 Å². The molecular formula is C13H15FO. The van der Waals surface area contributed by atoms with Gasteiger partial charge in [-0.15, -0.1) is 0 Å². The quantitative estimate of drug-likeness (QED) is 0.637. The highest BCUT2D eigenvalue weighted by molar-refractivity contribution is 6.02. The van der Waals surface area contributed by atoms with Gasteiger partial charge in [-0.25, -0.2) is 4.39 Å². The molecule has 0 fully saturated rings. The first-order valence-corrected chi connectivity index (χ1v) is 5.22. The highest BCUT2D eigenvalue weighted by Crippen LogP contribution is 2.38. The molecule has 1 nitrogen and oxygen atoms in total. The number of halogens is 1. The van der Waals surface area contributed by atoms with Crippen LogP contribution in [0.1, 0.15) is 36.7 Å². The van der Waals surface area contributed by atoms with Crippen molar-refractivity contribution in [2.75, 3.05) is 0 Å². The van der Waals surface area contributed by atoms with E-state index in [1.165, 1.54) is 12.1 Å². The van der Waals surface area contributed by atoms with Gasteiger partial charge in [-0.1, -0.05) is 20.8 Å². The van der Waals surface area contributed by atoms with E-state index < -0.39 is 0 Å². The van der Waals surface area contributed by atoms with Crippen LogP contribution in [0.3, 0.4) is 0 Å². The molecular weight excluding hydrogens is 191 g/mol. The molecule has 0 aromatic heterocycles. The molecule has 0 amide bonds. The average Bonchev–Trinajstić information content (AvgIpc) is 2.42. The number of rotatable bonds is 0. The van der Waals surface area contributed by atoms with Crippen molar-refractivity contribution in [3.63, 3.8) is 0 Å². The predicted octanol–water partition coefficient (Wildman–Crippen LogP) is 3.23. The minimum Gasteiger partial charge on any atom is -0.294 e. The largest absolute Gasteiger partial charge is 0.294 e. The van der Waals surface area contributed by atoms with Gasteiger partial charge in [-0.3, -0.25) is 4.79 Å². The number of Topliss-reactive ketones (excluding diaryl/α,β-unsaturated/α-hetero) is 1. The zero-order chi connectivity index (χ0) is 11.2. The molecule has 2 rings (SSSR count). The molecule has 0 bridgehead atoms. The first kappa shape index (κ1) is 10.3. The van der Waals surface area contributed by atoms with Gasteiger partial charge in [-0.05, 0) is 35.6 Å². The lowest BCUT2D eigenvalue weighted by molar-refractivity contribution is 0.0843. The Bertz CT molecular complexity index is 415. The zero-order valence-corrected chi connectivity index (χ0v) is 9.30. The predicted molar refractivity (Wildman–Crippen MR) is 57.4 cm³/mol. The van der Waals surface area contributed by atoms with E-state index in [0.29, 0.717) is 12.0 Å². The maximum absolute atomic E-state index is 13.0. The van der Waals surface area contributed by atoms with Crippen molar-refractivity contribution in [1.82, 2.24) is 0 Å². The van der Waals surface area contributed by atoms with Crippen LogP contribution in [0, 0.1) is 17.2 Å². The molecule has 0 spiro atoms. The van der Waals surface area contributed by atoms with Crippen LogP contribution in [0.2, 0.25) is 0 Å². The molecule has 2 heteroatoms. The van der Waals surface area contributed by atoms with E-state index in [9.17, 15) is 9.18 Å². The number of benzene rings is 1. The smallest absolute Gasteiger partial charge is 0.167 e. The van der Waals surface area contributed by atoms with Crippen molar-refractivity contribution in [3.05, 3.63) is 35.1 Å². The summed E-state index contributed by atoms with van der Waals surface area (Å²) >= 11 is 0. The van der Waals surface area contributed by atoms with E-state index in [0.717, 1.165) is 5.56 Å². The summed E-state index contributed by atoms with van der Waals surface area (Å²) in [4.78, 5) is 12.0. The summed E-state index contributed by atoms with van der Waals surface area (Å²) in [5.74, 6) is -0.0945. The Morgan fingerprint density at radius 1 is 1.33 bits per heavy atom. The third-order valence-electron chi connectivity index (χ3n) is 3.12. The van der Waals surface area contributed by atoms with E-state index >= 15 is 0 Å². The van der Waals surface area contributed by atoms with Crippen LogP contribution in [0.25, 0.3) is 0 Å². The molecule has 1 unspecified atom stereocenters. The van der Waals surface area contributed by atoms with Gasteiger partial charge >= 0.3 is 0 Å². The summed E-state index contributed by atoms with van der Waals surface area (Å²) in [6.45, 7) is 6.16. The monoisotopic (exact) mass is 206 g/mol. The summed E-state index contributed by atoms with van der Waals surface area (Å²) in [5, 5.41) is 0. The van der Waals surface area contributed by atoms with E-state index in [1.54, 1.807) is 6.07 Å². The van der Waals surface area contributed by atoms with Crippen LogP contribution in [0.4, 0.5) is 4.39 Å². The van der Waals surface area contributed by atoms with Crippen LogP contribution >= 0.6 is 0 Å². The SMILES string of the molecule is CC(C)(C)C1Cc2cc(F)ccc2C1=O. The lowest BCUT2D eigenvalue weighted by Crippen LogP contribution is -2.25. The first-order valence-electron chi connectivity index (χ1n) is 5.22. The molecule has 15 heavy (non-hydrogen) atoms. The fraction of sp³-hybridized carbons (Fsp3) is 0.462. The number of ketones is 1. The Morgan fingerprint density at radius 2 is 2.00 bits per heavy atom. The molecule has 1 aliphatic carbocycles. The molecule has 0 N–H and O–H groups in total. The topological polar surface area (TPSA) is 17.1 Å². The molecule has 1 aliphatic rings. The molecule has 0 heterocycles. The van der Waals surface area contributed by atoms with E-state index in [-0.39, 0.29) is 22.9 Å². The van der Waals surface area contributed by atoms with Gasteiger partial charge in [0.1, 0.15) is 5.82 Å². The number of carbonyl (C=O) groups is 1. The zero-order valence-electron chi connectivity index (χ0n) is 9.30. The first-order chi connectivity index (χ1) is 6.89. The maximum Gasteiger partial charge on any atom is 0.167 e. The third kappa shape index (κ3) is 1.69. The third-order valence-corrected chi connectivity index (χ3v) is 3.12. The minimum atomic E-state index is -0.254. The molecule has 1 aromatic carbocycles.